The lowest BCUT2D eigenvalue weighted by atomic mass is 9.94. The highest BCUT2D eigenvalue weighted by Crippen LogP contribution is 2.29. The van der Waals surface area contributed by atoms with Gasteiger partial charge in [0.2, 0.25) is 0 Å². The van der Waals surface area contributed by atoms with Crippen LogP contribution in [-0.4, -0.2) is 0 Å². The van der Waals surface area contributed by atoms with Gasteiger partial charge in [0.1, 0.15) is 11.9 Å². The maximum Gasteiger partial charge on any atom is 0.141 e. The van der Waals surface area contributed by atoms with Crippen LogP contribution in [0.1, 0.15) is 16.7 Å². The lowest BCUT2D eigenvalue weighted by Crippen LogP contribution is -1.92. The van der Waals surface area contributed by atoms with Crippen molar-refractivity contribution < 1.29 is 4.39 Å². The van der Waals surface area contributed by atoms with Gasteiger partial charge >= 0.3 is 0 Å². The van der Waals surface area contributed by atoms with E-state index in [1.807, 2.05) is 38.1 Å². The minimum atomic E-state index is -0.467. The zero-order valence-corrected chi connectivity index (χ0v) is 9.79. The summed E-state index contributed by atoms with van der Waals surface area (Å²) in [6.45, 7) is 3.99. The highest BCUT2D eigenvalue weighted by atomic mass is 19.1. The summed E-state index contributed by atoms with van der Waals surface area (Å²) in [5.74, 6) is -0.467. The Labute approximate surface area is 100 Å². The molecule has 0 aliphatic heterocycles. The number of rotatable bonds is 1. The second kappa shape index (κ2) is 4.39. The standard InChI is InChI=1S/C15H12FN/c1-10-5-3-6-12(11(10)2)13-7-4-8-15(16)14(13)9-17/h3-8H,1-2H3. The monoisotopic (exact) mass is 225 g/mol. The Hall–Kier alpha value is -2.14. The van der Waals surface area contributed by atoms with Crippen LogP contribution < -0.4 is 0 Å². The molecule has 2 heteroatoms. The van der Waals surface area contributed by atoms with Crippen molar-refractivity contribution in [1.29, 1.82) is 5.26 Å². The molecule has 2 aromatic rings. The number of nitrogens with zero attached hydrogens (tertiary/aromatic N) is 1. The molecule has 0 bridgehead atoms. The molecule has 0 fully saturated rings. The molecule has 0 saturated heterocycles. The molecule has 84 valence electrons. The summed E-state index contributed by atoms with van der Waals surface area (Å²) in [5.41, 5.74) is 3.90. The molecule has 0 saturated carbocycles. The molecule has 17 heavy (non-hydrogen) atoms. The van der Waals surface area contributed by atoms with E-state index in [2.05, 4.69) is 0 Å². The van der Waals surface area contributed by atoms with E-state index in [1.54, 1.807) is 12.1 Å². The molecular weight excluding hydrogens is 213 g/mol. The summed E-state index contributed by atoms with van der Waals surface area (Å²) in [6.07, 6.45) is 0. The van der Waals surface area contributed by atoms with Crippen molar-refractivity contribution in [3.05, 3.63) is 58.9 Å². The fraction of sp³-hybridized carbons (Fsp3) is 0.133. The molecular formula is C15H12FN. The Morgan fingerprint density at radius 2 is 1.65 bits per heavy atom. The fourth-order valence-corrected chi connectivity index (χ4v) is 1.91. The largest absolute Gasteiger partial charge is 0.206 e. The highest BCUT2D eigenvalue weighted by molar-refractivity contribution is 5.74. The van der Waals surface area contributed by atoms with Crippen LogP contribution in [0.4, 0.5) is 4.39 Å². The average Bonchev–Trinajstić information content (AvgIpc) is 2.32. The number of nitriles is 1. The minimum Gasteiger partial charge on any atom is -0.206 e. The summed E-state index contributed by atoms with van der Waals surface area (Å²) < 4.78 is 13.5. The van der Waals surface area contributed by atoms with Crippen LogP contribution in [0.3, 0.4) is 0 Å². The summed E-state index contributed by atoms with van der Waals surface area (Å²) >= 11 is 0. The van der Waals surface area contributed by atoms with Gasteiger partial charge in [0.05, 0.1) is 5.56 Å². The molecule has 0 aromatic heterocycles. The van der Waals surface area contributed by atoms with Crippen molar-refractivity contribution in [2.45, 2.75) is 13.8 Å². The Balaban J connectivity index is 2.74. The van der Waals surface area contributed by atoms with Crippen molar-refractivity contribution in [2.75, 3.05) is 0 Å². The highest BCUT2D eigenvalue weighted by Gasteiger charge is 2.11. The van der Waals surface area contributed by atoms with Gasteiger partial charge in [-0.25, -0.2) is 4.39 Å². The van der Waals surface area contributed by atoms with E-state index in [1.165, 1.54) is 6.07 Å². The van der Waals surface area contributed by atoms with E-state index in [4.69, 9.17) is 5.26 Å². The second-order valence-electron chi connectivity index (χ2n) is 4.02. The van der Waals surface area contributed by atoms with E-state index in [9.17, 15) is 4.39 Å². The number of hydrogen-bond acceptors (Lipinski definition) is 1. The van der Waals surface area contributed by atoms with Crippen molar-refractivity contribution in [1.82, 2.24) is 0 Å². The Morgan fingerprint density at radius 3 is 2.35 bits per heavy atom. The van der Waals surface area contributed by atoms with Crippen molar-refractivity contribution in [3.8, 4) is 17.2 Å². The Bertz CT molecular complexity index is 609. The van der Waals surface area contributed by atoms with Crippen LogP contribution in [0.2, 0.25) is 0 Å². The van der Waals surface area contributed by atoms with Gasteiger partial charge in [-0.15, -0.1) is 0 Å². The van der Waals surface area contributed by atoms with E-state index >= 15 is 0 Å². The Morgan fingerprint density at radius 1 is 1.00 bits per heavy atom. The van der Waals surface area contributed by atoms with Crippen LogP contribution in [0.25, 0.3) is 11.1 Å². The molecule has 0 aliphatic carbocycles. The molecule has 2 rings (SSSR count). The molecule has 0 aliphatic rings. The third-order valence-electron chi connectivity index (χ3n) is 3.02. The van der Waals surface area contributed by atoms with Crippen molar-refractivity contribution in [3.63, 3.8) is 0 Å². The van der Waals surface area contributed by atoms with Gasteiger partial charge in [-0.1, -0.05) is 30.3 Å². The molecule has 0 heterocycles. The predicted molar refractivity (Wildman–Crippen MR) is 66.0 cm³/mol. The molecule has 0 unspecified atom stereocenters. The van der Waals surface area contributed by atoms with E-state index < -0.39 is 5.82 Å². The normalized spacial score (nSPS) is 10.0. The SMILES string of the molecule is Cc1cccc(-c2cccc(F)c2C#N)c1C. The summed E-state index contributed by atoms with van der Waals surface area (Å²) in [5, 5.41) is 9.03. The maximum atomic E-state index is 13.5. The summed E-state index contributed by atoms with van der Waals surface area (Å²) in [6, 6.07) is 12.5. The third-order valence-corrected chi connectivity index (χ3v) is 3.02. The number of aryl methyl sites for hydroxylation is 1. The van der Waals surface area contributed by atoms with E-state index in [0.29, 0.717) is 5.56 Å². The lowest BCUT2D eigenvalue weighted by Gasteiger charge is -2.10. The van der Waals surface area contributed by atoms with Crippen LogP contribution in [0.15, 0.2) is 36.4 Å². The quantitative estimate of drug-likeness (QED) is 0.720. The molecule has 0 amide bonds. The van der Waals surface area contributed by atoms with Gasteiger partial charge in [-0.05, 0) is 36.6 Å². The van der Waals surface area contributed by atoms with Crippen LogP contribution in [0, 0.1) is 31.0 Å². The molecule has 1 nitrogen and oxygen atoms in total. The fourth-order valence-electron chi connectivity index (χ4n) is 1.91. The first-order chi connectivity index (χ1) is 8.15. The second-order valence-corrected chi connectivity index (χ2v) is 4.02. The molecule has 0 N–H and O–H groups in total. The van der Waals surface area contributed by atoms with Gasteiger partial charge in [-0.3, -0.25) is 0 Å². The topological polar surface area (TPSA) is 23.8 Å². The number of benzene rings is 2. The zero-order chi connectivity index (χ0) is 12.4. The zero-order valence-electron chi connectivity index (χ0n) is 9.79. The Kier molecular flexibility index (Phi) is 2.93. The van der Waals surface area contributed by atoms with Crippen LogP contribution >= 0.6 is 0 Å². The maximum absolute atomic E-state index is 13.5. The van der Waals surface area contributed by atoms with Gasteiger partial charge in [-0.2, -0.15) is 5.26 Å². The predicted octanol–water partition coefficient (Wildman–Crippen LogP) is 3.98. The number of halogens is 1. The molecule has 2 aromatic carbocycles. The minimum absolute atomic E-state index is 0.112. The first-order valence-electron chi connectivity index (χ1n) is 5.40. The van der Waals surface area contributed by atoms with Gasteiger partial charge < -0.3 is 0 Å². The number of hydrogen-bond donors (Lipinski definition) is 0. The summed E-state index contributed by atoms with van der Waals surface area (Å²) in [7, 11) is 0. The van der Waals surface area contributed by atoms with Gasteiger partial charge in [0.15, 0.2) is 0 Å². The van der Waals surface area contributed by atoms with Crippen molar-refractivity contribution >= 4 is 0 Å². The first-order valence-corrected chi connectivity index (χ1v) is 5.40. The van der Waals surface area contributed by atoms with Gasteiger partial charge in [0.25, 0.3) is 0 Å². The first kappa shape index (κ1) is 11.3. The smallest absolute Gasteiger partial charge is 0.141 e. The molecule has 0 spiro atoms. The third kappa shape index (κ3) is 1.92. The van der Waals surface area contributed by atoms with Crippen molar-refractivity contribution in [2.24, 2.45) is 0 Å². The summed E-state index contributed by atoms with van der Waals surface area (Å²) in [4.78, 5) is 0. The van der Waals surface area contributed by atoms with Crippen LogP contribution in [0.5, 0.6) is 0 Å². The lowest BCUT2D eigenvalue weighted by molar-refractivity contribution is 0.624. The average molecular weight is 225 g/mol. The van der Waals surface area contributed by atoms with Crippen LogP contribution in [-0.2, 0) is 0 Å². The van der Waals surface area contributed by atoms with Gasteiger partial charge in [0, 0.05) is 5.56 Å². The molecule has 0 atom stereocenters. The molecule has 0 radical (unpaired) electrons. The van der Waals surface area contributed by atoms with E-state index in [0.717, 1.165) is 16.7 Å². The van der Waals surface area contributed by atoms with E-state index in [-0.39, 0.29) is 5.56 Å².